The van der Waals surface area contributed by atoms with Gasteiger partial charge in [-0.1, -0.05) is 12.1 Å². The molecule has 1 aliphatic carbocycles. The number of rotatable bonds is 5. The number of anilines is 2. The van der Waals surface area contributed by atoms with Crippen LogP contribution in [-0.2, 0) is 17.6 Å². The maximum atomic E-state index is 12.0. The van der Waals surface area contributed by atoms with Crippen LogP contribution in [0.1, 0.15) is 17.5 Å². The first-order valence-electron chi connectivity index (χ1n) is 7.81. The van der Waals surface area contributed by atoms with Crippen LogP contribution in [0.4, 0.5) is 16.2 Å². The van der Waals surface area contributed by atoms with Crippen LogP contribution in [0.15, 0.2) is 42.5 Å². The number of urea groups is 1. The zero-order chi connectivity index (χ0) is 16.9. The van der Waals surface area contributed by atoms with Gasteiger partial charge in [0.05, 0.1) is 0 Å². The average Bonchev–Trinajstić information content (AvgIpc) is 3.00. The van der Waals surface area contributed by atoms with Crippen molar-refractivity contribution in [2.45, 2.75) is 19.3 Å². The van der Waals surface area contributed by atoms with Crippen molar-refractivity contribution in [1.29, 1.82) is 0 Å². The summed E-state index contributed by atoms with van der Waals surface area (Å²) in [5, 5.41) is 5.18. The Labute approximate surface area is 140 Å². The Hall–Kier alpha value is -3.02. The van der Waals surface area contributed by atoms with E-state index in [9.17, 15) is 9.59 Å². The summed E-state index contributed by atoms with van der Waals surface area (Å²) in [5.74, 6) is 0.432. The first-order chi connectivity index (χ1) is 11.6. The first-order valence-corrected chi connectivity index (χ1v) is 7.81. The van der Waals surface area contributed by atoms with Gasteiger partial charge in [-0.3, -0.25) is 4.79 Å². The molecule has 0 saturated heterocycles. The van der Waals surface area contributed by atoms with Gasteiger partial charge in [0.1, 0.15) is 5.75 Å². The molecule has 0 atom stereocenters. The lowest BCUT2D eigenvalue weighted by molar-refractivity contribution is -0.118. The van der Waals surface area contributed by atoms with Gasteiger partial charge in [0.15, 0.2) is 6.61 Å². The molecule has 0 radical (unpaired) electrons. The second-order valence-corrected chi connectivity index (χ2v) is 5.69. The molecule has 0 bridgehead atoms. The fourth-order valence-electron chi connectivity index (χ4n) is 2.80. The highest BCUT2D eigenvalue weighted by atomic mass is 16.5. The normalized spacial score (nSPS) is 12.3. The molecular weight excluding hydrogens is 306 g/mol. The van der Waals surface area contributed by atoms with Crippen molar-refractivity contribution in [3.63, 3.8) is 0 Å². The summed E-state index contributed by atoms with van der Waals surface area (Å²) in [5.41, 5.74) is 8.81. The van der Waals surface area contributed by atoms with E-state index < -0.39 is 6.03 Å². The third-order valence-corrected chi connectivity index (χ3v) is 3.85. The average molecular weight is 325 g/mol. The van der Waals surface area contributed by atoms with E-state index in [1.807, 2.05) is 12.1 Å². The molecule has 0 heterocycles. The summed E-state index contributed by atoms with van der Waals surface area (Å²) in [6.07, 6.45) is 3.36. The predicted molar refractivity (Wildman–Crippen MR) is 92.2 cm³/mol. The van der Waals surface area contributed by atoms with Gasteiger partial charge in [-0.15, -0.1) is 0 Å². The third kappa shape index (κ3) is 4.04. The topological polar surface area (TPSA) is 93.5 Å². The number of amides is 3. The van der Waals surface area contributed by atoms with Crippen LogP contribution < -0.4 is 21.1 Å². The molecule has 2 aromatic rings. The molecule has 0 fully saturated rings. The van der Waals surface area contributed by atoms with Gasteiger partial charge in [-0.25, -0.2) is 4.79 Å². The number of primary amides is 1. The van der Waals surface area contributed by atoms with Crippen LogP contribution in [0.25, 0.3) is 0 Å². The highest BCUT2D eigenvalue weighted by Crippen LogP contribution is 2.26. The molecule has 0 spiro atoms. The molecule has 0 unspecified atom stereocenters. The number of nitrogens with two attached hydrogens (primary N) is 1. The molecule has 24 heavy (non-hydrogen) atoms. The smallest absolute Gasteiger partial charge is 0.316 e. The van der Waals surface area contributed by atoms with Crippen LogP contribution in [0.2, 0.25) is 0 Å². The Bertz CT molecular complexity index is 774. The van der Waals surface area contributed by atoms with Gasteiger partial charge in [0.2, 0.25) is 0 Å². The summed E-state index contributed by atoms with van der Waals surface area (Å²) in [6.45, 7) is -0.0771. The Kier molecular flexibility index (Phi) is 4.65. The Morgan fingerprint density at radius 1 is 1.00 bits per heavy atom. The van der Waals surface area contributed by atoms with Crippen molar-refractivity contribution in [3.8, 4) is 5.75 Å². The number of ether oxygens (including phenoxy) is 1. The van der Waals surface area contributed by atoms with Gasteiger partial charge in [0, 0.05) is 11.4 Å². The minimum absolute atomic E-state index is 0.0771. The van der Waals surface area contributed by atoms with Crippen molar-refractivity contribution in [1.82, 2.24) is 0 Å². The van der Waals surface area contributed by atoms with Crippen LogP contribution in [0.3, 0.4) is 0 Å². The highest BCUT2D eigenvalue weighted by Gasteiger charge is 2.12. The Balaban J connectivity index is 1.55. The van der Waals surface area contributed by atoms with Gasteiger partial charge < -0.3 is 21.1 Å². The van der Waals surface area contributed by atoms with Crippen molar-refractivity contribution in [3.05, 3.63) is 53.6 Å². The second kappa shape index (κ2) is 7.04. The number of aryl methyl sites for hydroxylation is 2. The van der Waals surface area contributed by atoms with E-state index in [0.717, 1.165) is 12.8 Å². The molecule has 3 amide bonds. The number of nitrogens with one attached hydrogen (secondary N) is 2. The lowest BCUT2D eigenvalue weighted by atomic mass is 10.1. The molecule has 2 aromatic carbocycles. The van der Waals surface area contributed by atoms with E-state index in [-0.39, 0.29) is 12.5 Å². The summed E-state index contributed by atoms with van der Waals surface area (Å²) >= 11 is 0. The standard InChI is InChI=1S/C18H19N3O3/c19-18(23)21-15-6-2-5-14(10-15)20-17(22)11-24-16-8-7-12-3-1-4-13(12)9-16/h2,5-10H,1,3-4,11H2,(H,20,22)(H3,19,21,23). The van der Waals surface area contributed by atoms with E-state index in [4.69, 9.17) is 10.5 Å². The SMILES string of the molecule is NC(=O)Nc1cccc(NC(=O)COc2ccc3c(c2)CCC3)c1. The lowest BCUT2D eigenvalue weighted by Crippen LogP contribution is -2.21. The quantitative estimate of drug-likeness (QED) is 0.789. The number of carbonyl (C=O) groups is 2. The van der Waals surface area contributed by atoms with Gasteiger partial charge in [0.25, 0.3) is 5.91 Å². The molecule has 124 valence electrons. The van der Waals surface area contributed by atoms with Crippen molar-refractivity contribution in [2.24, 2.45) is 5.73 Å². The predicted octanol–water partition coefficient (Wildman–Crippen LogP) is 2.68. The van der Waals surface area contributed by atoms with E-state index in [0.29, 0.717) is 17.1 Å². The fourth-order valence-corrected chi connectivity index (χ4v) is 2.80. The van der Waals surface area contributed by atoms with Crippen molar-refractivity contribution >= 4 is 23.3 Å². The fraction of sp³-hybridized carbons (Fsp3) is 0.222. The second-order valence-electron chi connectivity index (χ2n) is 5.69. The summed E-state index contributed by atoms with van der Waals surface area (Å²) in [6, 6.07) is 12.1. The van der Waals surface area contributed by atoms with Gasteiger partial charge >= 0.3 is 6.03 Å². The number of fused-ring (bicyclic) bond motifs is 1. The molecule has 0 aliphatic heterocycles. The molecule has 6 heteroatoms. The van der Waals surface area contributed by atoms with Gasteiger partial charge in [-0.2, -0.15) is 0 Å². The minimum atomic E-state index is -0.654. The van der Waals surface area contributed by atoms with E-state index in [1.165, 1.54) is 17.5 Å². The van der Waals surface area contributed by atoms with E-state index in [1.54, 1.807) is 24.3 Å². The molecular formula is C18H19N3O3. The number of hydrogen-bond donors (Lipinski definition) is 3. The maximum absolute atomic E-state index is 12.0. The zero-order valence-corrected chi connectivity index (χ0v) is 13.2. The van der Waals surface area contributed by atoms with Crippen LogP contribution in [0.5, 0.6) is 5.75 Å². The summed E-state index contributed by atoms with van der Waals surface area (Å²) in [7, 11) is 0. The Morgan fingerprint density at radius 2 is 1.75 bits per heavy atom. The van der Waals surface area contributed by atoms with Crippen LogP contribution in [0, 0.1) is 0 Å². The summed E-state index contributed by atoms with van der Waals surface area (Å²) < 4.78 is 5.56. The maximum Gasteiger partial charge on any atom is 0.316 e. The molecule has 4 N–H and O–H groups in total. The molecule has 3 rings (SSSR count). The molecule has 0 saturated carbocycles. The molecule has 6 nitrogen and oxygen atoms in total. The number of benzene rings is 2. The number of hydrogen-bond acceptors (Lipinski definition) is 3. The summed E-state index contributed by atoms with van der Waals surface area (Å²) in [4.78, 5) is 22.9. The monoisotopic (exact) mass is 325 g/mol. The highest BCUT2D eigenvalue weighted by molar-refractivity contribution is 5.93. The largest absolute Gasteiger partial charge is 0.484 e. The molecule has 0 aromatic heterocycles. The first kappa shape index (κ1) is 15.9. The lowest BCUT2D eigenvalue weighted by Gasteiger charge is -2.10. The third-order valence-electron chi connectivity index (χ3n) is 3.85. The van der Waals surface area contributed by atoms with Crippen molar-refractivity contribution in [2.75, 3.05) is 17.2 Å². The molecule has 1 aliphatic rings. The van der Waals surface area contributed by atoms with Crippen LogP contribution in [-0.4, -0.2) is 18.5 Å². The van der Waals surface area contributed by atoms with Gasteiger partial charge in [-0.05, 0) is 60.7 Å². The Morgan fingerprint density at radius 3 is 2.54 bits per heavy atom. The zero-order valence-electron chi connectivity index (χ0n) is 13.2. The van der Waals surface area contributed by atoms with Crippen molar-refractivity contribution < 1.29 is 14.3 Å². The minimum Gasteiger partial charge on any atom is -0.484 e. The van der Waals surface area contributed by atoms with Crippen LogP contribution >= 0.6 is 0 Å². The number of carbonyl (C=O) groups excluding carboxylic acids is 2. The van der Waals surface area contributed by atoms with E-state index >= 15 is 0 Å². The van der Waals surface area contributed by atoms with E-state index in [2.05, 4.69) is 16.7 Å².